The van der Waals surface area contributed by atoms with Gasteiger partial charge in [-0.3, -0.25) is 9.69 Å². The molecule has 2 aliphatic heterocycles. The summed E-state index contributed by atoms with van der Waals surface area (Å²) in [7, 11) is 0. The van der Waals surface area contributed by atoms with Crippen LogP contribution >= 0.6 is 0 Å². The van der Waals surface area contributed by atoms with E-state index in [1.807, 2.05) is 6.07 Å². The molecule has 0 bridgehead atoms. The molecule has 0 radical (unpaired) electrons. The Bertz CT molecular complexity index is 521. The minimum Gasteiger partial charge on any atom is -0.376 e. The molecule has 1 N–H and O–H groups in total. The zero-order valence-electron chi connectivity index (χ0n) is 13.0. The average Bonchev–Trinajstić information content (AvgIpc) is 3.08. The number of carbonyl (C=O) groups is 1. The van der Waals surface area contributed by atoms with Crippen LogP contribution in [0.15, 0.2) is 36.4 Å². The Kier molecular flexibility index (Phi) is 5.24. The highest BCUT2D eigenvalue weighted by molar-refractivity contribution is 5.78. The number of hydrogen-bond donors (Lipinski definition) is 1. The van der Waals surface area contributed by atoms with Gasteiger partial charge in [0.2, 0.25) is 5.91 Å². The lowest BCUT2D eigenvalue weighted by atomic mass is 10.00. The van der Waals surface area contributed by atoms with Gasteiger partial charge in [0.1, 0.15) is 0 Å². The maximum absolute atomic E-state index is 12.0. The van der Waals surface area contributed by atoms with Crippen molar-refractivity contribution in [2.45, 2.75) is 25.4 Å². The molecule has 0 saturated carbocycles. The van der Waals surface area contributed by atoms with Gasteiger partial charge in [-0.05, 0) is 30.4 Å². The molecule has 4 nitrogen and oxygen atoms in total. The van der Waals surface area contributed by atoms with Crippen LogP contribution in [0.1, 0.15) is 24.8 Å². The van der Waals surface area contributed by atoms with E-state index in [-0.39, 0.29) is 12.0 Å². The van der Waals surface area contributed by atoms with E-state index in [0.29, 0.717) is 13.1 Å². The Morgan fingerprint density at radius 1 is 1.32 bits per heavy atom. The highest BCUT2D eigenvalue weighted by Crippen LogP contribution is 2.21. The molecule has 1 fully saturated rings. The third kappa shape index (κ3) is 4.18. The first-order valence-corrected chi connectivity index (χ1v) is 8.16. The van der Waals surface area contributed by atoms with E-state index in [0.717, 1.165) is 39.0 Å². The second kappa shape index (κ2) is 7.56. The maximum Gasteiger partial charge on any atom is 0.234 e. The maximum atomic E-state index is 12.0. The van der Waals surface area contributed by atoms with E-state index in [2.05, 4.69) is 40.6 Å². The summed E-state index contributed by atoms with van der Waals surface area (Å²) >= 11 is 0. The number of carbonyl (C=O) groups excluding carboxylic acids is 1. The topological polar surface area (TPSA) is 41.6 Å². The molecule has 1 aromatic carbocycles. The fraction of sp³-hybridized carbons (Fsp3) is 0.500. The van der Waals surface area contributed by atoms with Crippen LogP contribution < -0.4 is 5.32 Å². The van der Waals surface area contributed by atoms with E-state index in [9.17, 15) is 4.79 Å². The van der Waals surface area contributed by atoms with Gasteiger partial charge in [-0.1, -0.05) is 36.4 Å². The van der Waals surface area contributed by atoms with Crippen molar-refractivity contribution in [3.8, 4) is 0 Å². The monoisotopic (exact) mass is 300 g/mol. The molecule has 2 aliphatic rings. The molecule has 1 saturated heterocycles. The lowest BCUT2D eigenvalue weighted by molar-refractivity contribution is -0.122. The van der Waals surface area contributed by atoms with Crippen molar-refractivity contribution in [3.63, 3.8) is 0 Å². The largest absolute Gasteiger partial charge is 0.376 e. The Labute approximate surface area is 132 Å². The molecule has 1 atom stereocenters. The molecular weight excluding hydrogens is 276 g/mol. The van der Waals surface area contributed by atoms with Gasteiger partial charge >= 0.3 is 0 Å². The molecule has 0 aromatic heterocycles. The Morgan fingerprint density at radius 2 is 2.18 bits per heavy atom. The van der Waals surface area contributed by atoms with E-state index in [1.54, 1.807) is 0 Å². The summed E-state index contributed by atoms with van der Waals surface area (Å²) < 4.78 is 5.52. The fourth-order valence-electron chi connectivity index (χ4n) is 3.06. The van der Waals surface area contributed by atoms with Gasteiger partial charge in [-0.15, -0.1) is 0 Å². The van der Waals surface area contributed by atoms with Crippen LogP contribution in [0.5, 0.6) is 0 Å². The first-order valence-electron chi connectivity index (χ1n) is 8.16. The first-order chi connectivity index (χ1) is 10.8. The number of benzene rings is 1. The molecule has 3 rings (SSSR count). The number of nitrogens with zero attached hydrogens (tertiary/aromatic N) is 1. The first kappa shape index (κ1) is 15.3. The van der Waals surface area contributed by atoms with Crippen molar-refractivity contribution in [1.82, 2.24) is 10.2 Å². The van der Waals surface area contributed by atoms with Crippen molar-refractivity contribution in [3.05, 3.63) is 42.0 Å². The zero-order valence-corrected chi connectivity index (χ0v) is 13.0. The Morgan fingerprint density at radius 3 is 2.86 bits per heavy atom. The smallest absolute Gasteiger partial charge is 0.234 e. The number of ether oxygens (including phenoxy) is 1. The van der Waals surface area contributed by atoms with Gasteiger partial charge in [0.25, 0.3) is 0 Å². The van der Waals surface area contributed by atoms with Crippen molar-refractivity contribution >= 4 is 11.5 Å². The Balaban J connectivity index is 1.43. The summed E-state index contributed by atoms with van der Waals surface area (Å²) in [6.07, 6.45) is 5.64. The van der Waals surface area contributed by atoms with Crippen molar-refractivity contribution in [1.29, 1.82) is 0 Å². The van der Waals surface area contributed by atoms with E-state index >= 15 is 0 Å². The van der Waals surface area contributed by atoms with Crippen LogP contribution in [-0.2, 0) is 9.53 Å². The lowest BCUT2D eigenvalue weighted by Gasteiger charge is -2.26. The second-order valence-electron chi connectivity index (χ2n) is 6.02. The normalized spacial score (nSPS) is 22.4. The quantitative estimate of drug-likeness (QED) is 0.905. The average molecular weight is 300 g/mol. The summed E-state index contributed by atoms with van der Waals surface area (Å²) in [5.74, 6) is 0.104. The van der Waals surface area contributed by atoms with Crippen molar-refractivity contribution in [2.75, 3.05) is 32.8 Å². The van der Waals surface area contributed by atoms with Gasteiger partial charge in [-0.25, -0.2) is 0 Å². The fourth-order valence-corrected chi connectivity index (χ4v) is 3.06. The SMILES string of the molecule is O=C(CN1CC=C(c2ccccc2)CC1)NC[C@@H]1CCCO1. The second-order valence-corrected chi connectivity index (χ2v) is 6.02. The number of nitrogens with one attached hydrogen (secondary N) is 1. The summed E-state index contributed by atoms with van der Waals surface area (Å²) in [6, 6.07) is 10.5. The van der Waals surface area contributed by atoms with Crippen LogP contribution in [0.25, 0.3) is 5.57 Å². The van der Waals surface area contributed by atoms with Crippen LogP contribution in [0.3, 0.4) is 0 Å². The van der Waals surface area contributed by atoms with Crippen molar-refractivity contribution in [2.24, 2.45) is 0 Å². The van der Waals surface area contributed by atoms with Gasteiger partial charge in [0, 0.05) is 26.2 Å². The summed E-state index contributed by atoms with van der Waals surface area (Å²) in [5, 5.41) is 2.99. The zero-order chi connectivity index (χ0) is 15.2. The Hall–Kier alpha value is -1.65. The van der Waals surface area contributed by atoms with Crippen LogP contribution in [0.4, 0.5) is 0 Å². The molecule has 0 spiro atoms. The van der Waals surface area contributed by atoms with Crippen LogP contribution in [0, 0.1) is 0 Å². The molecule has 1 amide bonds. The predicted molar refractivity (Wildman–Crippen MR) is 87.5 cm³/mol. The van der Waals surface area contributed by atoms with E-state index < -0.39 is 0 Å². The van der Waals surface area contributed by atoms with Gasteiger partial charge in [-0.2, -0.15) is 0 Å². The van der Waals surface area contributed by atoms with E-state index in [1.165, 1.54) is 11.1 Å². The summed E-state index contributed by atoms with van der Waals surface area (Å²) in [5.41, 5.74) is 2.68. The number of rotatable bonds is 5. The molecule has 1 aromatic rings. The molecular formula is C18H24N2O2. The molecule has 2 heterocycles. The molecule has 4 heteroatoms. The van der Waals surface area contributed by atoms with Crippen LogP contribution in [0.2, 0.25) is 0 Å². The van der Waals surface area contributed by atoms with Crippen molar-refractivity contribution < 1.29 is 9.53 Å². The molecule has 0 aliphatic carbocycles. The highest BCUT2D eigenvalue weighted by atomic mass is 16.5. The number of amides is 1. The van der Waals surface area contributed by atoms with Crippen LogP contribution in [-0.4, -0.2) is 49.7 Å². The standard InChI is InChI=1S/C18H24N2O2/c21-18(19-13-17-7-4-12-22-17)14-20-10-8-16(9-11-20)15-5-2-1-3-6-15/h1-3,5-6,8,17H,4,7,9-14H2,(H,19,21)/t17-/m0/s1. The molecule has 118 valence electrons. The van der Waals surface area contributed by atoms with Gasteiger partial charge in [0.15, 0.2) is 0 Å². The summed E-state index contributed by atoms with van der Waals surface area (Å²) in [6.45, 7) is 3.74. The third-order valence-electron chi connectivity index (χ3n) is 4.36. The highest BCUT2D eigenvalue weighted by Gasteiger charge is 2.18. The minimum atomic E-state index is 0.104. The number of hydrogen-bond acceptors (Lipinski definition) is 3. The third-order valence-corrected chi connectivity index (χ3v) is 4.36. The summed E-state index contributed by atoms with van der Waals surface area (Å²) in [4.78, 5) is 14.2. The molecule has 0 unspecified atom stereocenters. The minimum absolute atomic E-state index is 0.104. The van der Waals surface area contributed by atoms with Gasteiger partial charge < -0.3 is 10.1 Å². The predicted octanol–water partition coefficient (Wildman–Crippen LogP) is 2.07. The van der Waals surface area contributed by atoms with E-state index in [4.69, 9.17) is 4.74 Å². The lowest BCUT2D eigenvalue weighted by Crippen LogP contribution is -2.41. The van der Waals surface area contributed by atoms with Gasteiger partial charge in [0.05, 0.1) is 12.6 Å². The molecule has 22 heavy (non-hydrogen) atoms.